The Bertz CT molecular complexity index is 1340. The lowest BCUT2D eigenvalue weighted by Crippen LogP contribution is -2.37. The number of aromatic nitrogens is 1. The molecule has 0 fully saturated rings. The van der Waals surface area contributed by atoms with Crippen LogP contribution in [0.2, 0.25) is 0 Å². The van der Waals surface area contributed by atoms with E-state index in [1.54, 1.807) is 12.1 Å². The van der Waals surface area contributed by atoms with Crippen molar-refractivity contribution in [2.45, 2.75) is 59.9 Å². The third-order valence-electron chi connectivity index (χ3n) is 5.76. The maximum Gasteiger partial charge on any atom is 0.279 e. The molecule has 3 rings (SSSR count). The summed E-state index contributed by atoms with van der Waals surface area (Å²) in [6.07, 6.45) is 0. The van der Waals surface area contributed by atoms with E-state index in [1.165, 1.54) is 38.9 Å². The Hall–Kier alpha value is -2.29. The second kappa shape index (κ2) is 10.5. The second-order valence-corrected chi connectivity index (χ2v) is 12.5. The van der Waals surface area contributed by atoms with Gasteiger partial charge in [-0.1, -0.05) is 45.1 Å². The van der Waals surface area contributed by atoms with Gasteiger partial charge >= 0.3 is 0 Å². The molecule has 34 heavy (non-hydrogen) atoms. The predicted molar refractivity (Wildman–Crippen MR) is 140 cm³/mol. The molecular formula is C26H35N3O3S2. The Kier molecular flexibility index (Phi) is 8.16. The SMILES string of the molecule is CCn1c(=NC(=O)c2ccc(S(=O)(=O)N(CC(C)C)CC(C)C)cc2)sc2ccc(C)c(C)c21. The number of carbonyl (C=O) groups is 1. The fourth-order valence-corrected chi connectivity index (χ4v) is 6.89. The molecule has 3 aromatic rings. The molecule has 184 valence electrons. The Balaban J connectivity index is 1.95. The van der Waals surface area contributed by atoms with Crippen LogP contribution in [0.3, 0.4) is 0 Å². The highest BCUT2D eigenvalue weighted by atomic mass is 32.2. The third kappa shape index (κ3) is 5.50. The van der Waals surface area contributed by atoms with Gasteiger partial charge in [-0.2, -0.15) is 9.30 Å². The maximum absolute atomic E-state index is 13.2. The van der Waals surface area contributed by atoms with Crippen molar-refractivity contribution in [2.75, 3.05) is 13.1 Å². The summed E-state index contributed by atoms with van der Waals surface area (Å²) in [4.78, 5) is 18.2. The van der Waals surface area contributed by atoms with E-state index < -0.39 is 10.0 Å². The van der Waals surface area contributed by atoms with Crippen molar-refractivity contribution in [1.29, 1.82) is 0 Å². The smallest absolute Gasteiger partial charge is 0.279 e. The number of benzene rings is 2. The molecule has 0 radical (unpaired) electrons. The van der Waals surface area contributed by atoms with E-state index in [4.69, 9.17) is 0 Å². The molecule has 0 aliphatic rings. The molecule has 8 heteroatoms. The van der Waals surface area contributed by atoms with Gasteiger partial charge in [0.05, 0.1) is 15.1 Å². The van der Waals surface area contributed by atoms with Crippen molar-refractivity contribution in [3.8, 4) is 0 Å². The minimum atomic E-state index is -3.64. The lowest BCUT2D eigenvalue weighted by Gasteiger charge is -2.25. The number of hydrogen-bond donors (Lipinski definition) is 0. The average Bonchev–Trinajstić information content (AvgIpc) is 3.13. The van der Waals surface area contributed by atoms with Crippen LogP contribution in [0, 0.1) is 25.7 Å². The standard InChI is InChI=1S/C26H35N3O3S2/c1-8-29-24-20(7)19(6)9-14-23(24)33-26(29)27-25(30)21-10-12-22(13-11-21)34(31,32)28(15-17(2)3)16-18(4)5/h9-14,17-18H,8,15-16H2,1-7H3. The zero-order valence-electron chi connectivity index (χ0n) is 21.1. The summed E-state index contributed by atoms with van der Waals surface area (Å²) in [7, 11) is -3.64. The van der Waals surface area contributed by atoms with Gasteiger partial charge in [-0.25, -0.2) is 8.42 Å². The number of aryl methyl sites for hydroxylation is 3. The summed E-state index contributed by atoms with van der Waals surface area (Å²) in [6, 6.07) is 10.3. The van der Waals surface area contributed by atoms with E-state index in [1.807, 2.05) is 34.6 Å². The number of thiazole rings is 1. The van der Waals surface area contributed by atoms with Crippen molar-refractivity contribution < 1.29 is 13.2 Å². The zero-order valence-corrected chi connectivity index (χ0v) is 22.8. The molecule has 0 bridgehead atoms. The van der Waals surface area contributed by atoms with E-state index in [9.17, 15) is 13.2 Å². The molecule has 0 spiro atoms. The Morgan fingerprint density at radius 2 is 1.59 bits per heavy atom. The van der Waals surface area contributed by atoms with Crippen LogP contribution in [0.25, 0.3) is 10.2 Å². The minimum Gasteiger partial charge on any atom is -0.316 e. The van der Waals surface area contributed by atoms with Crippen LogP contribution < -0.4 is 4.80 Å². The Labute approximate surface area is 207 Å². The lowest BCUT2D eigenvalue weighted by molar-refractivity contribution is 0.0997. The van der Waals surface area contributed by atoms with E-state index >= 15 is 0 Å². The van der Waals surface area contributed by atoms with E-state index in [2.05, 4.69) is 35.5 Å². The summed E-state index contributed by atoms with van der Waals surface area (Å²) in [5.41, 5.74) is 3.86. The van der Waals surface area contributed by atoms with Gasteiger partial charge in [-0.3, -0.25) is 4.79 Å². The first kappa shape index (κ1) is 26.3. The summed E-state index contributed by atoms with van der Waals surface area (Å²) >= 11 is 1.49. The molecule has 1 heterocycles. The van der Waals surface area contributed by atoms with Gasteiger partial charge in [-0.05, 0) is 74.1 Å². The lowest BCUT2D eigenvalue weighted by atomic mass is 10.1. The first-order valence-electron chi connectivity index (χ1n) is 11.7. The monoisotopic (exact) mass is 501 g/mol. The summed E-state index contributed by atoms with van der Waals surface area (Å²) < 4.78 is 31.2. The van der Waals surface area contributed by atoms with Crippen LogP contribution in [0.5, 0.6) is 0 Å². The van der Waals surface area contributed by atoms with Crippen LogP contribution >= 0.6 is 11.3 Å². The summed E-state index contributed by atoms with van der Waals surface area (Å²) in [5.74, 6) is 0.0487. The van der Waals surface area contributed by atoms with Gasteiger partial charge in [0.25, 0.3) is 5.91 Å². The van der Waals surface area contributed by atoms with Gasteiger partial charge < -0.3 is 4.57 Å². The molecule has 0 atom stereocenters. The van der Waals surface area contributed by atoms with Crippen molar-refractivity contribution >= 4 is 37.5 Å². The van der Waals surface area contributed by atoms with Crippen LogP contribution in [-0.2, 0) is 16.6 Å². The number of rotatable bonds is 8. The first-order chi connectivity index (χ1) is 15.9. The summed E-state index contributed by atoms with van der Waals surface area (Å²) in [5, 5.41) is 0. The molecule has 1 aromatic heterocycles. The molecule has 0 aliphatic heterocycles. The molecule has 6 nitrogen and oxygen atoms in total. The van der Waals surface area contributed by atoms with E-state index in [-0.39, 0.29) is 22.6 Å². The van der Waals surface area contributed by atoms with Crippen molar-refractivity contribution in [1.82, 2.24) is 8.87 Å². The Morgan fingerprint density at radius 3 is 2.12 bits per heavy atom. The number of nitrogens with zero attached hydrogens (tertiary/aromatic N) is 3. The number of sulfonamides is 1. The van der Waals surface area contributed by atoms with Gasteiger partial charge in [0, 0.05) is 25.2 Å². The van der Waals surface area contributed by atoms with E-state index in [0.29, 0.717) is 30.0 Å². The first-order valence-corrected chi connectivity index (χ1v) is 14.0. The number of fused-ring (bicyclic) bond motifs is 1. The molecule has 1 amide bonds. The highest BCUT2D eigenvalue weighted by Gasteiger charge is 2.26. The van der Waals surface area contributed by atoms with E-state index in [0.717, 1.165) is 10.2 Å². The fourth-order valence-electron chi connectivity index (χ4n) is 3.97. The molecule has 0 N–H and O–H groups in total. The topological polar surface area (TPSA) is 71.7 Å². The van der Waals surface area contributed by atoms with Crippen LogP contribution in [0.1, 0.15) is 56.1 Å². The van der Waals surface area contributed by atoms with Gasteiger partial charge in [0.1, 0.15) is 0 Å². The molecule has 0 unspecified atom stereocenters. The molecule has 0 saturated heterocycles. The normalized spacial score (nSPS) is 13.1. The molecule has 0 aliphatic carbocycles. The number of carbonyl (C=O) groups excluding carboxylic acids is 1. The third-order valence-corrected chi connectivity index (χ3v) is 8.65. The van der Waals surface area contributed by atoms with Gasteiger partial charge in [0.15, 0.2) is 4.80 Å². The summed E-state index contributed by atoms with van der Waals surface area (Å²) in [6.45, 7) is 15.8. The Morgan fingerprint density at radius 1 is 1.00 bits per heavy atom. The largest absolute Gasteiger partial charge is 0.316 e. The van der Waals surface area contributed by atoms with Crippen LogP contribution in [0.4, 0.5) is 0 Å². The predicted octanol–water partition coefficient (Wildman–Crippen LogP) is 5.38. The number of hydrogen-bond acceptors (Lipinski definition) is 4. The van der Waals surface area contributed by atoms with Crippen molar-refractivity contribution in [3.63, 3.8) is 0 Å². The highest BCUT2D eigenvalue weighted by Crippen LogP contribution is 2.24. The minimum absolute atomic E-state index is 0.196. The van der Waals surface area contributed by atoms with Gasteiger partial charge in [0.2, 0.25) is 10.0 Å². The molecular weight excluding hydrogens is 466 g/mol. The van der Waals surface area contributed by atoms with Gasteiger partial charge in [-0.15, -0.1) is 0 Å². The second-order valence-electron chi connectivity index (χ2n) is 9.53. The highest BCUT2D eigenvalue weighted by molar-refractivity contribution is 7.89. The maximum atomic E-state index is 13.2. The quantitative estimate of drug-likeness (QED) is 0.416. The van der Waals surface area contributed by atoms with Crippen molar-refractivity contribution in [3.05, 3.63) is 57.9 Å². The van der Waals surface area contributed by atoms with Crippen LogP contribution in [0.15, 0.2) is 46.3 Å². The average molecular weight is 502 g/mol. The fraction of sp³-hybridized carbons (Fsp3) is 0.462. The number of amides is 1. The van der Waals surface area contributed by atoms with Crippen molar-refractivity contribution in [2.24, 2.45) is 16.8 Å². The molecule has 0 saturated carbocycles. The zero-order chi connectivity index (χ0) is 25.2. The van der Waals surface area contributed by atoms with Crippen LogP contribution in [-0.4, -0.2) is 36.3 Å². The molecule has 2 aromatic carbocycles.